The van der Waals surface area contributed by atoms with Crippen LogP contribution in [0.25, 0.3) is 0 Å². The quantitative estimate of drug-likeness (QED) is 0.777. The summed E-state index contributed by atoms with van der Waals surface area (Å²) in [6, 6.07) is 0.320. The molecule has 2 heterocycles. The zero-order valence-corrected chi connectivity index (χ0v) is 11.5. The number of hydrogen-bond donors (Lipinski definition) is 1. The molecule has 0 bridgehead atoms. The van der Waals surface area contributed by atoms with Crippen LogP contribution in [0.1, 0.15) is 25.7 Å². The topological polar surface area (TPSA) is 55.6 Å². The summed E-state index contributed by atoms with van der Waals surface area (Å²) < 4.78 is 5.41. The minimum absolute atomic E-state index is 0. The summed E-state index contributed by atoms with van der Waals surface area (Å²) in [5.41, 5.74) is 6.10. The fourth-order valence-corrected chi connectivity index (χ4v) is 3.68. The lowest BCUT2D eigenvalue weighted by molar-refractivity contribution is -0.138. The van der Waals surface area contributed by atoms with Gasteiger partial charge in [0, 0.05) is 25.7 Å². The molecule has 2 saturated heterocycles. The van der Waals surface area contributed by atoms with E-state index in [1.807, 2.05) is 4.90 Å². The Morgan fingerprint density at radius 3 is 2.72 bits per heavy atom. The smallest absolute Gasteiger partial charge is 0.228 e. The Kier molecular flexibility index (Phi) is 4.51. The van der Waals surface area contributed by atoms with Crippen LogP contribution >= 0.6 is 12.4 Å². The van der Waals surface area contributed by atoms with Crippen molar-refractivity contribution in [3.63, 3.8) is 0 Å². The molecule has 4 unspecified atom stereocenters. The summed E-state index contributed by atoms with van der Waals surface area (Å²) in [6.45, 7) is 3.27. The van der Waals surface area contributed by atoms with Gasteiger partial charge < -0.3 is 15.4 Å². The van der Waals surface area contributed by atoms with Crippen LogP contribution in [0.2, 0.25) is 0 Å². The molecule has 0 spiro atoms. The van der Waals surface area contributed by atoms with E-state index in [1.165, 1.54) is 6.42 Å². The molecule has 1 aliphatic carbocycles. The fraction of sp³-hybridized carbons (Fsp3) is 0.923. The standard InChI is InChI=1S/C13H22N2O2.ClH/c14-12-4-3-9-6-15(7-11(9)12)13(16)10-2-1-5-17-8-10;/h9-12H,1-8,14H2;1H. The van der Waals surface area contributed by atoms with Gasteiger partial charge in [-0.2, -0.15) is 0 Å². The van der Waals surface area contributed by atoms with E-state index in [0.717, 1.165) is 39.0 Å². The fourth-order valence-electron chi connectivity index (χ4n) is 3.68. The van der Waals surface area contributed by atoms with Crippen molar-refractivity contribution in [2.45, 2.75) is 31.7 Å². The maximum Gasteiger partial charge on any atom is 0.228 e. The second-order valence-electron chi connectivity index (χ2n) is 5.82. The normalized spacial score (nSPS) is 39.3. The molecular formula is C13H23ClN2O2. The maximum atomic E-state index is 12.3. The van der Waals surface area contributed by atoms with Crippen molar-refractivity contribution in [1.29, 1.82) is 0 Å². The maximum absolute atomic E-state index is 12.3. The van der Waals surface area contributed by atoms with Gasteiger partial charge in [0.05, 0.1) is 12.5 Å². The summed E-state index contributed by atoms with van der Waals surface area (Å²) in [6.07, 6.45) is 4.37. The summed E-state index contributed by atoms with van der Waals surface area (Å²) in [7, 11) is 0. The molecule has 0 aromatic carbocycles. The molecular weight excluding hydrogens is 252 g/mol. The zero-order chi connectivity index (χ0) is 11.8. The summed E-state index contributed by atoms with van der Waals surface area (Å²) in [4.78, 5) is 14.4. The molecule has 0 aromatic rings. The van der Waals surface area contributed by atoms with Gasteiger partial charge in [0.15, 0.2) is 0 Å². The number of halogens is 1. The predicted molar refractivity (Wildman–Crippen MR) is 71.6 cm³/mol. The average Bonchev–Trinajstić information content (AvgIpc) is 2.92. The first-order valence-corrected chi connectivity index (χ1v) is 6.88. The highest BCUT2D eigenvalue weighted by atomic mass is 35.5. The van der Waals surface area contributed by atoms with Gasteiger partial charge in [-0.05, 0) is 37.5 Å². The molecule has 4 atom stereocenters. The second kappa shape index (κ2) is 5.76. The van der Waals surface area contributed by atoms with Crippen LogP contribution in [0.5, 0.6) is 0 Å². The number of rotatable bonds is 1. The van der Waals surface area contributed by atoms with E-state index in [9.17, 15) is 4.79 Å². The highest BCUT2D eigenvalue weighted by Gasteiger charge is 2.43. The SMILES string of the molecule is Cl.NC1CCC2CN(C(=O)C3CCCOC3)CC12. The van der Waals surface area contributed by atoms with E-state index >= 15 is 0 Å². The monoisotopic (exact) mass is 274 g/mol. The number of fused-ring (bicyclic) bond motifs is 1. The molecule has 18 heavy (non-hydrogen) atoms. The third-order valence-corrected chi connectivity index (χ3v) is 4.73. The number of likely N-dealkylation sites (tertiary alicyclic amines) is 1. The van der Waals surface area contributed by atoms with Crippen LogP contribution in [-0.4, -0.2) is 43.2 Å². The van der Waals surface area contributed by atoms with E-state index in [0.29, 0.717) is 30.4 Å². The van der Waals surface area contributed by atoms with Crippen molar-refractivity contribution in [3.8, 4) is 0 Å². The van der Waals surface area contributed by atoms with Crippen LogP contribution in [0.4, 0.5) is 0 Å². The van der Waals surface area contributed by atoms with Crippen molar-refractivity contribution in [3.05, 3.63) is 0 Å². The van der Waals surface area contributed by atoms with Crippen LogP contribution in [0.3, 0.4) is 0 Å². The minimum atomic E-state index is 0. The molecule has 2 N–H and O–H groups in total. The molecule has 5 heteroatoms. The average molecular weight is 275 g/mol. The first-order valence-electron chi connectivity index (χ1n) is 6.88. The van der Waals surface area contributed by atoms with Gasteiger partial charge in [-0.15, -0.1) is 12.4 Å². The molecule has 1 amide bonds. The lowest BCUT2D eigenvalue weighted by Gasteiger charge is -2.27. The summed E-state index contributed by atoms with van der Waals surface area (Å²) >= 11 is 0. The lowest BCUT2D eigenvalue weighted by Crippen LogP contribution is -2.39. The minimum Gasteiger partial charge on any atom is -0.381 e. The third-order valence-electron chi connectivity index (χ3n) is 4.73. The predicted octanol–water partition coefficient (Wildman–Crippen LogP) is 1.03. The zero-order valence-electron chi connectivity index (χ0n) is 10.7. The Bertz CT molecular complexity index is 307. The Labute approximate surface area is 115 Å². The van der Waals surface area contributed by atoms with Crippen molar-refractivity contribution in [1.82, 2.24) is 4.90 Å². The molecule has 1 saturated carbocycles. The van der Waals surface area contributed by atoms with Gasteiger partial charge in [0.25, 0.3) is 0 Å². The third kappa shape index (κ3) is 2.51. The van der Waals surface area contributed by atoms with E-state index < -0.39 is 0 Å². The van der Waals surface area contributed by atoms with Gasteiger partial charge >= 0.3 is 0 Å². The molecule has 0 aromatic heterocycles. The molecule has 3 aliphatic rings. The second-order valence-corrected chi connectivity index (χ2v) is 5.82. The van der Waals surface area contributed by atoms with Gasteiger partial charge in [-0.3, -0.25) is 4.79 Å². The number of carbonyl (C=O) groups excluding carboxylic acids is 1. The number of carbonyl (C=O) groups is 1. The van der Waals surface area contributed by atoms with Crippen molar-refractivity contribution < 1.29 is 9.53 Å². The van der Waals surface area contributed by atoms with Crippen LogP contribution < -0.4 is 5.73 Å². The van der Waals surface area contributed by atoms with Gasteiger partial charge in [-0.1, -0.05) is 0 Å². The van der Waals surface area contributed by atoms with Crippen LogP contribution in [0.15, 0.2) is 0 Å². The molecule has 3 rings (SSSR count). The van der Waals surface area contributed by atoms with Crippen molar-refractivity contribution in [2.75, 3.05) is 26.3 Å². The van der Waals surface area contributed by atoms with E-state index in [4.69, 9.17) is 10.5 Å². The molecule has 0 radical (unpaired) electrons. The molecule has 104 valence electrons. The highest BCUT2D eigenvalue weighted by molar-refractivity contribution is 5.85. The number of nitrogens with two attached hydrogens (primary N) is 1. The number of nitrogens with zero attached hydrogens (tertiary/aromatic N) is 1. The Balaban J connectivity index is 0.00000120. The number of hydrogen-bond acceptors (Lipinski definition) is 3. The largest absolute Gasteiger partial charge is 0.381 e. The van der Waals surface area contributed by atoms with E-state index in [2.05, 4.69) is 0 Å². The van der Waals surface area contributed by atoms with E-state index in [-0.39, 0.29) is 18.3 Å². The van der Waals surface area contributed by atoms with Crippen LogP contribution in [-0.2, 0) is 9.53 Å². The first kappa shape index (κ1) is 14.1. The van der Waals surface area contributed by atoms with Gasteiger partial charge in [-0.25, -0.2) is 0 Å². The Hall–Kier alpha value is -0.320. The number of amides is 1. The Morgan fingerprint density at radius 2 is 2.06 bits per heavy atom. The summed E-state index contributed by atoms with van der Waals surface area (Å²) in [5, 5.41) is 0. The van der Waals surface area contributed by atoms with Crippen LogP contribution in [0, 0.1) is 17.8 Å². The lowest BCUT2D eigenvalue weighted by atomic mass is 9.98. The first-order chi connectivity index (χ1) is 8.25. The van der Waals surface area contributed by atoms with Gasteiger partial charge in [0.2, 0.25) is 5.91 Å². The Morgan fingerprint density at radius 1 is 1.22 bits per heavy atom. The molecule has 2 aliphatic heterocycles. The van der Waals surface area contributed by atoms with Crippen molar-refractivity contribution in [2.24, 2.45) is 23.5 Å². The number of ether oxygens (including phenoxy) is 1. The van der Waals surface area contributed by atoms with E-state index in [1.54, 1.807) is 0 Å². The highest BCUT2D eigenvalue weighted by Crippen LogP contribution is 2.37. The summed E-state index contributed by atoms with van der Waals surface area (Å²) in [5.74, 6) is 1.65. The van der Waals surface area contributed by atoms with Crippen molar-refractivity contribution >= 4 is 18.3 Å². The molecule has 3 fully saturated rings. The van der Waals surface area contributed by atoms with Gasteiger partial charge in [0.1, 0.15) is 0 Å². The molecule has 4 nitrogen and oxygen atoms in total.